The number of nitrogens with one attached hydrogen (secondary N) is 3. The summed E-state index contributed by atoms with van der Waals surface area (Å²) in [6.45, 7) is 5.85. The standard InChI is InChI=1S/C42H55F2N7O4/c1-5-8-11-20-46-31-47-37(52)26-35-25-36(15-14-32(35)6-2)48-38(53)29-51(28-34-13-10-9-12-33(34)27-45-4)40(55)41(7-3)16-23-50(24-17-41)39(54)30-49-21-18-42(43,44)19-22-49/h1,8-15,20,25,45H,6-7,16-19,21-24,26-31H2,2-4H3,(H,47,52)(H,48,53)/b11-8-,46-20?. The number of halogens is 2. The molecule has 3 N–H and O–H groups in total. The van der Waals surface area contributed by atoms with E-state index in [-0.39, 0.29) is 82.3 Å². The van der Waals surface area contributed by atoms with Crippen LogP contribution in [0.3, 0.4) is 0 Å². The third-order valence-corrected chi connectivity index (χ3v) is 10.6. The molecule has 2 aromatic rings. The Morgan fingerprint density at radius 1 is 0.945 bits per heavy atom. The predicted molar refractivity (Wildman–Crippen MR) is 211 cm³/mol. The second kappa shape index (κ2) is 20.7. The van der Waals surface area contributed by atoms with E-state index in [0.717, 1.165) is 22.3 Å². The molecule has 296 valence electrons. The molecule has 13 heteroatoms. The largest absolute Gasteiger partial charge is 0.342 e. The smallest absolute Gasteiger partial charge is 0.250 e. The molecule has 2 aliphatic rings. The number of anilines is 1. The van der Waals surface area contributed by atoms with Crippen LogP contribution in [-0.2, 0) is 45.1 Å². The summed E-state index contributed by atoms with van der Waals surface area (Å²) >= 11 is 0. The summed E-state index contributed by atoms with van der Waals surface area (Å²) < 4.78 is 27.3. The van der Waals surface area contributed by atoms with Gasteiger partial charge in [0.1, 0.15) is 13.2 Å². The molecular weight excluding hydrogens is 705 g/mol. The number of hydrogen-bond donors (Lipinski definition) is 3. The minimum atomic E-state index is -2.68. The number of aryl methyl sites for hydroxylation is 1. The Kier molecular flexibility index (Phi) is 16.1. The number of aliphatic imine (C=N–C) groups is 1. The van der Waals surface area contributed by atoms with E-state index < -0.39 is 11.3 Å². The summed E-state index contributed by atoms with van der Waals surface area (Å²) in [6.07, 6.45) is 11.5. The lowest BCUT2D eigenvalue weighted by atomic mass is 9.74. The van der Waals surface area contributed by atoms with Crippen molar-refractivity contribution in [3.05, 3.63) is 76.9 Å². The van der Waals surface area contributed by atoms with Gasteiger partial charge in [-0.3, -0.25) is 29.1 Å². The van der Waals surface area contributed by atoms with E-state index in [1.54, 1.807) is 32.9 Å². The van der Waals surface area contributed by atoms with E-state index in [0.29, 0.717) is 51.0 Å². The average molecular weight is 760 g/mol. The Morgan fingerprint density at radius 2 is 1.65 bits per heavy atom. The minimum Gasteiger partial charge on any atom is -0.342 e. The molecule has 0 atom stereocenters. The Hall–Kier alpha value is -4.93. The number of piperidine rings is 2. The number of terminal acetylenes is 1. The first-order valence-electron chi connectivity index (χ1n) is 19.1. The van der Waals surface area contributed by atoms with Gasteiger partial charge >= 0.3 is 0 Å². The first-order chi connectivity index (χ1) is 26.4. The second-order valence-electron chi connectivity index (χ2n) is 14.3. The number of carbonyl (C=O) groups is 4. The van der Waals surface area contributed by atoms with E-state index in [9.17, 15) is 28.0 Å². The Labute approximate surface area is 324 Å². The van der Waals surface area contributed by atoms with Crippen LogP contribution >= 0.6 is 0 Å². The van der Waals surface area contributed by atoms with Crippen LogP contribution in [0.25, 0.3) is 0 Å². The van der Waals surface area contributed by atoms with Crippen LogP contribution in [0, 0.1) is 17.8 Å². The normalized spacial score (nSPS) is 16.8. The van der Waals surface area contributed by atoms with Crippen molar-refractivity contribution in [1.29, 1.82) is 0 Å². The van der Waals surface area contributed by atoms with Crippen molar-refractivity contribution >= 4 is 35.5 Å². The lowest BCUT2D eigenvalue weighted by Crippen LogP contribution is -2.53. The van der Waals surface area contributed by atoms with Crippen LogP contribution < -0.4 is 16.0 Å². The Bertz CT molecular complexity index is 1740. The van der Waals surface area contributed by atoms with Gasteiger partial charge in [0.25, 0.3) is 5.92 Å². The van der Waals surface area contributed by atoms with Crippen molar-refractivity contribution in [1.82, 2.24) is 25.3 Å². The third-order valence-electron chi connectivity index (χ3n) is 10.6. The summed E-state index contributed by atoms with van der Waals surface area (Å²) in [4.78, 5) is 63.6. The predicted octanol–water partition coefficient (Wildman–Crippen LogP) is 4.56. The molecule has 0 bridgehead atoms. The van der Waals surface area contributed by atoms with Crippen LogP contribution in [0.2, 0.25) is 0 Å². The molecule has 4 amide bonds. The van der Waals surface area contributed by atoms with Gasteiger partial charge in [0, 0.05) is 64.0 Å². The fourth-order valence-electron chi connectivity index (χ4n) is 7.22. The van der Waals surface area contributed by atoms with Gasteiger partial charge in [0.2, 0.25) is 23.6 Å². The number of rotatable bonds is 17. The van der Waals surface area contributed by atoms with Crippen LogP contribution in [0.5, 0.6) is 0 Å². The van der Waals surface area contributed by atoms with Gasteiger partial charge in [-0.05, 0) is 79.3 Å². The summed E-state index contributed by atoms with van der Waals surface area (Å²) in [6, 6.07) is 13.3. The number of carbonyl (C=O) groups excluding carboxylic acids is 4. The molecule has 0 unspecified atom stereocenters. The Balaban J connectivity index is 1.47. The monoisotopic (exact) mass is 759 g/mol. The molecule has 11 nitrogen and oxygen atoms in total. The van der Waals surface area contributed by atoms with Crippen LogP contribution in [0.4, 0.5) is 14.5 Å². The molecular formula is C42H55F2N7O4. The van der Waals surface area contributed by atoms with Gasteiger partial charge in [0.15, 0.2) is 0 Å². The van der Waals surface area contributed by atoms with Crippen molar-refractivity contribution in [2.45, 2.75) is 77.8 Å². The first-order valence-corrected chi connectivity index (χ1v) is 19.1. The van der Waals surface area contributed by atoms with Crippen molar-refractivity contribution in [2.75, 3.05) is 58.3 Å². The van der Waals surface area contributed by atoms with Crippen LogP contribution in [0.15, 0.2) is 59.6 Å². The highest BCUT2D eigenvalue weighted by Crippen LogP contribution is 2.38. The number of allylic oxidation sites excluding steroid dienone is 2. The fraction of sp³-hybridized carbons (Fsp3) is 0.500. The lowest BCUT2D eigenvalue weighted by molar-refractivity contribution is -0.151. The maximum Gasteiger partial charge on any atom is 0.250 e. The van der Waals surface area contributed by atoms with Gasteiger partial charge in [-0.2, -0.15) is 0 Å². The number of hydrogen-bond acceptors (Lipinski definition) is 7. The van der Waals surface area contributed by atoms with E-state index >= 15 is 0 Å². The van der Waals surface area contributed by atoms with Crippen molar-refractivity contribution in [3.8, 4) is 12.3 Å². The highest BCUT2D eigenvalue weighted by atomic mass is 19.3. The van der Waals surface area contributed by atoms with E-state index in [2.05, 4.69) is 26.9 Å². The maximum atomic E-state index is 14.7. The molecule has 2 fully saturated rings. The fourth-order valence-corrected chi connectivity index (χ4v) is 7.22. The highest BCUT2D eigenvalue weighted by molar-refractivity contribution is 5.96. The second-order valence-corrected chi connectivity index (χ2v) is 14.3. The van der Waals surface area contributed by atoms with Crippen molar-refractivity contribution < 1.29 is 28.0 Å². The quantitative estimate of drug-likeness (QED) is 0.161. The van der Waals surface area contributed by atoms with Gasteiger partial charge < -0.3 is 25.8 Å². The minimum absolute atomic E-state index is 0.0867. The van der Waals surface area contributed by atoms with E-state index in [1.807, 2.05) is 51.2 Å². The average Bonchev–Trinajstić information content (AvgIpc) is 3.17. The van der Waals surface area contributed by atoms with Crippen molar-refractivity contribution in [2.24, 2.45) is 10.4 Å². The van der Waals surface area contributed by atoms with Gasteiger partial charge in [0.05, 0.1) is 18.4 Å². The third kappa shape index (κ3) is 12.6. The molecule has 2 heterocycles. The molecule has 2 saturated heterocycles. The molecule has 0 saturated carbocycles. The molecule has 2 aromatic carbocycles. The Morgan fingerprint density at radius 3 is 2.31 bits per heavy atom. The first kappa shape index (κ1) is 42.8. The number of amides is 4. The number of likely N-dealkylation sites (tertiary alicyclic amines) is 2. The molecule has 4 rings (SSSR count). The lowest BCUT2D eigenvalue weighted by Gasteiger charge is -2.43. The van der Waals surface area contributed by atoms with Crippen LogP contribution in [-0.4, -0.2) is 103 Å². The zero-order valence-electron chi connectivity index (χ0n) is 32.3. The van der Waals surface area contributed by atoms with Crippen LogP contribution in [0.1, 0.15) is 68.2 Å². The summed E-state index contributed by atoms with van der Waals surface area (Å²) in [7, 11) is 1.85. The SMILES string of the molecule is C#C/C=C\C=NCNC(=O)Cc1cc(NC(=O)CN(Cc2ccccc2CNC)C(=O)C2(CC)CCN(C(=O)CN3CCC(F)(F)CC3)CC2)ccc1CC. The number of nitrogens with zero attached hydrogens (tertiary/aromatic N) is 4. The number of alkyl halides is 2. The molecule has 0 aliphatic carbocycles. The zero-order chi connectivity index (χ0) is 39.8. The highest BCUT2D eigenvalue weighted by Gasteiger charge is 2.44. The molecule has 0 aromatic heterocycles. The van der Waals surface area contributed by atoms with Gasteiger partial charge in [-0.1, -0.05) is 50.1 Å². The molecule has 0 radical (unpaired) electrons. The summed E-state index contributed by atoms with van der Waals surface area (Å²) in [5, 5.41) is 8.89. The molecule has 0 spiro atoms. The van der Waals surface area contributed by atoms with Crippen molar-refractivity contribution in [3.63, 3.8) is 0 Å². The van der Waals surface area contributed by atoms with Gasteiger partial charge in [-0.15, -0.1) is 6.42 Å². The summed E-state index contributed by atoms with van der Waals surface area (Å²) in [5.41, 5.74) is 3.40. The van der Waals surface area contributed by atoms with Gasteiger partial charge in [-0.25, -0.2) is 8.78 Å². The van der Waals surface area contributed by atoms with E-state index in [4.69, 9.17) is 6.42 Å². The zero-order valence-corrected chi connectivity index (χ0v) is 32.3. The topological polar surface area (TPSA) is 126 Å². The maximum absolute atomic E-state index is 14.7. The van der Waals surface area contributed by atoms with E-state index in [1.165, 1.54) is 12.3 Å². The number of benzene rings is 2. The molecule has 2 aliphatic heterocycles. The summed E-state index contributed by atoms with van der Waals surface area (Å²) in [5.74, 6) is -1.18. The molecule has 55 heavy (non-hydrogen) atoms.